The van der Waals surface area contributed by atoms with Crippen LogP contribution in [-0.2, 0) is 13.1 Å². The monoisotopic (exact) mass is 263 g/mol. The average molecular weight is 264 g/mol. The summed E-state index contributed by atoms with van der Waals surface area (Å²) >= 11 is 5.71. The summed E-state index contributed by atoms with van der Waals surface area (Å²) < 4.78 is 5.27. The van der Waals surface area contributed by atoms with Crippen molar-refractivity contribution in [2.75, 3.05) is 0 Å². The van der Waals surface area contributed by atoms with E-state index >= 15 is 0 Å². The minimum atomic E-state index is 0.438. The second-order valence-electron chi connectivity index (χ2n) is 4.71. The molecule has 0 spiro atoms. The first-order valence-corrected chi connectivity index (χ1v) is 6.56. The van der Waals surface area contributed by atoms with Gasteiger partial charge in [0.2, 0.25) is 0 Å². The van der Waals surface area contributed by atoms with E-state index in [1.807, 2.05) is 6.07 Å². The molecule has 3 heteroatoms. The van der Waals surface area contributed by atoms with E-state index < -0.39 is 0 Å². The van der Waals surface area contributed by atoms with Crippen molar-refractivity contribution < 1.29 is 4.42 Å². The zero-order valence-corrected chi connectivity index (χ0v) is 11.5. The first kappa shape index (κ1) is 13.2. The number of rotatable bonds is 5. The van der Waals surface area contributed by atoms with Crippen LogP contribution in [0.15, 0.2) is 40.8 Å². The van der Waals surface area contributed by atoms with Crippen molar-refractivity contribution in [1.29, 1.82) is 0 Å². The van der Waals surface area contributed by atoms with Gasteiger partial charge in [0.15, 0.2) is 5.22 Å². The fourth-order valence-corrected chi connectivity index (χ4v) is 1.96. The maximum Gasteiger partial charge on any atom is 0.193 e. The van der Waals surface area contributed by atoms with Crippen LogP contribution in [0.2, 0.25) is 5.22 Å². The van der Waals surface area contributed by atoms with Crippen LogP contribution in [0, 0.1) is 0 Å². The zero-order chi connectivity index (χ0) is 13.0. The zero-order valence-electron chi connectivity index (χ0n) is 10.7. The molecule has 0 saturated carbocycles. The van der Waals surface area contributed by atoms with E-state index in [4.69, 9.17) is 16.0 Å². The number of hydrogen-bond acceptors (Lipinski definition) is 2. The highest BCUT2D eigenvalue weighted by Gasteiger charge is 2.01. The summed E-state index contributed by atoms with van der Waals surface area (Å²) in [5.41, 5.74) is 2.65. The van der Waals surface area contributed by atoms with Crippen LogP contribution in [0.4, 0.5) is 0 Å². The molecule has 18 heavy (non-hydrogen) atoms. The third-order valence-electron chi connectivity index (χ3n) is 2.90. The molecule has 1 N–H and O–H groups in total. The highest BCUT2D eigenvalue weighted by Crippen LogP contribution is 2.15. The quantitative estimate of drug-likeness (QED) is 0.868. The van der Waals surface area contributed by atoms with Gasteiger partial charge in [0.05, 0.1) is 6.54 Å². The van der Waals surface area contributed by atoms with Gasteiger partial charge in [-0.1, -0.05) is 38.1 Å². The van der Waals surface area contributed by atoms with Gasteiger partial charge in [-0.15, -0.1) is 0 Å². The van der Waals surface area contributed by atoms with Gasteiger partial charge < -0.3 is 9.73 Å². The van der Waals surface area contributed by atoms with Crippen LogP contribution < -0.4 is 5.32 Å². The molecule has 0 fully saturated rings. The molecule has 1 aromatic carbocycles. The molecule has 2 rings (SSSR count). The molecule has 2 aromatic rings. The van der Waals surface area contributed by atoms with Crippen LogP contribution in [0.3, 0.4) is 0 Å². The minimum Gasteiger partial charge on any atom is -0.448 e. The molecule has 1 aromatic heterocycles. The molecule has 1 heterocycles. The highest BCUT2D eigenvalue weighted by atomic mass is 35.5. The first-order valence-electron chi connectivity index (χ1n) is 6.19. The van der Waals surface area contributed by atoms with Gasteiger partial charge in [-0.2, -0.15) is 0 Å². The molecule has 0 amide bonds. The molecule has 0 aliphatic heterocycles. The van der Waals surface area contributed by atoms with Crippen molar-refractivity contribution in [2.24, 2.45) is 0 Å². The van der Waals surface area contributed by atoms with E-state index in [0.717, 1.165) is 12.3 Å². The van der Waals surface area contributed by atoms with Crippen LogP contribution in [0.5, 0.6) is 0 Å². The van der Waals surface area contributed by atoms with Gasteiger partial charge >= 0.3 is 0 Å². The molecular formula is C15H18ClNO. The maximum absolute atomic E-state index is 5.71. The van der Waals surface area contributed by atoms with E-state index in [9.17, 15) is 0 Å². The lowest BCUT2D eigenvalue weighted by molar-refractivity contribution is 0.484. The lowest BCUT2D eigenvalue weighted by atomic mass is 10.0. The molecule has 2 nitrogen and oxygen atoms in total. The van der Waals surface area contributed by atoms with Gasteiger partial charge in [-0.3, -0.25) is 0 Å². The lowest BCUT2D eigenvalue weighted by Gasteiger charge is -2.07. The Hall–Kier alpha value is -1.25. The highest BCUT2D eigenvalue weighted by molar-refractivity contribution is 6.28. The van der Waals surface area contributed by atoms with Crippen LogP contribution in [-0.4, -0.2) is 0 Å². The summed E-state index contributed by atoms with van der Waals surface area (Å²) in [4.78, 5) is 0. The molecule has 0 radical (unpaired) electrons. The second kappa shape index (κ2) is 6.07. The Bertz CT molecular complexity index is 487. The molecule has 0 unspecified atom stereocenters. The van der Waals surface area contributed by atoms with Gasteiger partial charge in [0.25, 0.3) is 0 Å². The number of nitrogens with one attached hydrogen (secondary N) is 1. The summed E-state index contributed by atoms with van der Waals surface area (Å²) in [7, 11) is 0. The fraction of sp³-hybridized carbons (Fsp3) is 0.333. The molecule has 0 bridgehead atoms. The summed E-state index contributed by atoms with van der Waals surface area (Å²) in [5.74, 6) is 1.44. The van der Waals surface area contributed by atoms with Crippen molar-refractivity contribution in [3.05, 3.63) is 58.5 Å². The summed E-state index contributed by atoms with van der Waals surface area (Å²) in [6.45, 7) is 5.93. The second-order valence-corrected chi connectivity index (χ2v) is 5.08. The van der Waals surface area contributed by atoms with E-state index in [1.54, 1.807) is 6.07 Å². The van der Waals surface area contributed by atoms with Crippen LogP contribution >= 0.6 is 11.6 Å². The Balaban J connectivity index is 1.83. The molecule has 0 aliphatic rings. The Morgan fingerprint density at radius 1 is 1.06 bits per heavy atom. The third-order valence-corrected chi connectivity index (χ3v) is 3.11. The van der Waals surface area contributed by atoms with E-state index in [2.05, 4.69) is 43.4 Å². The molecule has 0 atom stereocenters. The van der Waals surface area contributed by atoms with Gasteiger partial charge in [-0.25, -0.2) is 0 Å². The average Bonchev–Trinajstić information content (AvgIpc) is 2.76. The Morgan fingerprint density at radius 2 is 1.78 bits per heavy atom. The van der Waals surface area contributed by atoms with Crippen LogP contribution in [0.1, 0.15) is 36.7 Å². The van der Waals surface area contributed by atoms with Gasteiger partial charge in [-0.05, 0) is 40.8 Å². The minimum absolute atomic E-state index is 0.438. The standard InChI is InChI=1S/C15H18ClNO/c1-11(2)13-5-3-12(4-6-13)9-17-10-14-7-8-15(16)18-14/h3-8,11,17H,9-10H2,1-2H3. The van der Waals surface area contributed by atoms with E-state index in [0.29, 0.717) is 17.7 Å². The Kier molecular flexibility index (Phi) is 4.45. The summed E-state index contributed by atoms with van der Waals surface area (Å²) in [6, 6.07) is 12.3. The predicted octanol–water partition coefficient (Wildman–Crippen LogP) is 4.35. The normalized spacial score (nSPS) is 11.1. The maximum atomic E-state index is 5.71. The van der Waals surface area contributed by atoms with E-state index in [-0.39, 0.29) is 0 Å². The summed E-state index contributed by atoms with van der Waals surface area (Å²) in [6.07, 6.45) is 0. The lowest BCUT2D eigenvalue weighted by Crippen LogP contribution is -2.12. The Morgan fingerprint density at radius 3 is 2.33 bits per heavy atom. The third kappa shape index (κ3) is 3.62. The topological polar surface area (TPSA) is 25.2 Å². The number of furan rings is 1. The van der Waals surface area contributed by atoms with Crippen molar-refractivity contribution in [3.8, 4) is 0 Å². The van der Waals surface area contributed by atoms with Crippen molar-refractivity contribution in [1.82, 2.24) is 5.32 Å². The Labute approximate surface area is 113 Å². The fourth-order valence-electron chi connectivity index (χ4n) is 1.80. The van der Waals surface area contributed by atoms with Crippen molar-refractivity contribution in [2.45, 2.75) is 32.9 Å². The summed E-state index contributed by atoms with van der Waals surface area (Å²) in [5, 5.41) is 3.77. The number of benzene rings is 1. The molecule has 96 valence electrons. The smallest absolute Gasteiger partial charge is 0.193 e. The van der Waals surface area contributed by atoms with Crippen LogP contribution in [0.25, 0.3) is 0 Å². The molecule has 0 saturated heterocycles. The predicted molar refractivity (Wildman–Crippen MR) is 74.8 cm³/mol. The number of hydrogen-bond donors (Lipinski definition) is 1. The van der Waals surface area contributed by atoms with E-state index in [1.165, 1.54) is 11.1 Å². The SMILES string of the molecule is CC(C)c1ccc(CNCc2ccc(Cl)o2)cc1. The van der Waals surface area contributed by atoms with Gasteiger partial charge in [0.1, 0.15) is 5.76 Å². The first-order chi connectivity index (χ1) is 8.65. The van der Waals surface area contributed by atoms with Gasteiger partial charge in [0, 0.05) is 6.54 Å². The van der Waals surface area contributed by atoms with Crippen molar-refractivity contribution in [3.63, 3.8) is 0 Å². The molecular weight excluding hydrogens is 246 g/mol. The largest absolute Gasteiger partial charge is 0.448 e. The molecule has 0 aliphatic carbocycles. The van der Waals surface area contributed by atoms with Crippen molar-refractivity contribution >= 4 is 11.6 Å². The number of halogens is 1.